The summed E-state index contributed by atoms with van der Waals surface area (Å²) >= 11 is 0. The van der Waals surface area contributed by atoms with E-state index >= 15 is 0 Å². The Balaban J connectivity index is 3.23. The first-order valence-electron chi connectivity index (χ1n) is 4.21. The highest BCUT2D eigenvalue weighted by Crippen LogP contribution is 1.80. The predicted octanol–water partition coefficient (Wildman–Crippen LogP) is -0.625. The van der Waals surface area contributed by atoms with Crippen molar-refractivity contribution in [2.24, 2.45) is 0 Å². The Morgan fingerprint density at radius 3 is 2.67 bits per heavy atom. The number of rotatable bonds is 7. The van der Waals surface area contributed by atoms with Gasteiger partial charge in [-0.05, 0) is 14.1 Å². The Bertz CT molecular complexity index is 114. The number of nitrogens with one attached hydrogen (secondary N) is 3. The molecule has 0 radical (unpaired) electrons. The second-order valence-corrected chi connectivity index (χ2v) is 2.66. The Morgan fingerprint density at radius 1 is 1.33 bits per heavy atom. The van der Waals surface area contributed by atoms with Crippen LogP contribution in [0.3, 0.4) is 0 Å². The first-order chi connectivity index (χ1) is 5.81. The van der Waals surface area contributed by atoms with E-state index in [0.29, 0.717) is 0 Å². The zero-order valence-electron chi connectivity index (χ0n) is 8.22. The molecule has 0 saturated heterocycles. The maximum atomic E-state index is 3.11. The van der Waals surface area contributed by atoms with Gasteiger partial charge in [-0.3, -0.25) is 0 Å². The fourth-order valence-electron chi connectivity index (χ4n) is 0.769. The Labute approximate surface area is 75.0 Å². The SMILES string of the molecule is CNCCN(C)C/C=C/NNC. The fourth-order valence-corrected chi connectivity index (χ4v) is 0.769. The minimum absolute atomic E-state index is 0.969. The lowest BCUT2D eigenvalue weighted by Gasteiger charge is -2.13. The second kappa shape index (κ2) is 8.52. The number of hydrogen-bond acceptors (Lipinski definition) is 4. The standard InChI is InChI=1S/C8H20N4/c1-9-6-8-12(3)7-4-5-11-10-2/h4-5,9-11H,6-8H2,1-3H3/b5-4+. The smallest absolute Gasteiger partial charge is 0.0178 e. The molecule has 0 spiro atoms. The summed E-state index contributed by atoms with van der Waals surface area (Å²) in [7, 11) is 5.91. The van der Waals surface area contributed by atoms with E-state index in [2.05, 4.69) is 34.2 Å². The molecule has 0 fully saturated rings. The third kappa shape index (κ3) is 7.53. The Kier molecular flexibility index (Phi) is 8.10. The summed E-state index contributed by atoms with van der Waals surface area (Å²) in [4.78, 5) is 2.24. The van der Waals surface area contributed by atoms with Gasteiger partial charge < -0.3 is 15.6 Å². The molecule has 0 bridgehead atoms. The van der Waals surface area contributed by atoms with E-state index in [0.717, 1.165) is 19.6 Å². The minimum atomic E-state index is 0.969. The molecule has 3 N–H and O–H groups in total. The van der Waals surface area contributed by atoms with Crippen LogP contribution in [0.2, 0.25) is 0 Å². The lowest BCUT2D eigenvalue weighted by Crippen LogP contribution is -2.28. The molecule has 0 heterocycles. The van der Waals surface area contributed by atoms with Crippen molar-refractivity contribution in [1.82, 2.24) is 21.1 Å². The van der Waals surface area contributed by atoms with Gasteiger partial charge in [0.05, 0.1) is 0 Å². The van der Waals surface area contributed by atoms with Gasteiger partial charge in [-0.1, -0.05) is 6.08 Å². The third-order valence-electron chi connectivity index (χ3n) is 1.51. The normalized spacial score (nSPS) is 11.3. The van der Waals surface area contributed by atoms with Gasteiger partial charge in [0.25, 0.3) is 0 Å². The number of likely N-dealkylation sites (N-methyl/N-ethyl adjacent to an activating group) is 2. The van der Waals surface area contributed by atoms with Crippen molar-refractivity contribution >= 4 is 0 Å². The zero-order valence-corrected chi connectivity index (χ0v) is 8.22. The van der Waals surface area contributed by atoms with Crippen LogP contribution in [0.5, 0.6) is 0 Å². The van der Waals surface area contributed by atoms with Gasteiger partial charge in [0.2, 0.25) is 0 Å². The van der Waals surface area contributed by atoms with E-state index in [-0.39, 0.29) is 0 Å². The molecular weight excluding hydrogens is 152 g/mol. The van der Waals surface area contributed by atoms with Gasteiger partial charge in [-0.25, -0.2) is 5.43 Å². The van der Waals surface area contributed by atoms with Gasteiger partial charge in [0.1, 0.15) is 0 Å². The summed E-state index contributed by atoms with van der Waals surface area (Å²) in [5.41, 5.74) is 5.70. The topological polar surface area (TPSA) is 39.3 Å². The van der Waals surface area contributed by atoms with Crippen molar-refractivity contribution < 1.29 is 0 Å². The van der Waals surface area contributed by atoms with Gasteiger partial charge >= 0.3 is 0 Å². The molecule has 0 aliphatic heterocycles. The average molecular weight is 172 g/mol. The highest BCUT2D eigenvalue weighted by molar-refractivity contribution is 4.80. The summed E-state index contributed by atoms with van der Waals surface area (Å²) in [6.07, 6.45) is 3.97. The molecule has 0 aliphatic carbocycles. The van der Waals surface area contributed by atoms with Crippen LogP contribution in [-0.2, 0) is 0 Å². The summed E-state index contributed by atoms with van der Waals surface area (Å²) in [6.45, 7) is 3.07. The van der Waals surface area contributed by atoms with E-state index in [4.69, 9.17) is 0 Å². The van der Waals surface area contributed by atoms with Crippen molar-refractivity contribution in [1.29, 1.82) is 0 Å². The molecule has 0 aliphatic rings. The lowest BCUT2D eigenvalue weighted by molar-refractivity contribution is 0.370. The van der Waals surface area contributed by atoms with Crippen LogP contribution in [0.1, 0.15) is 0 Å². The van der Waals surface area contributed by atoms with Crippen LogP contribution < -0.4 is 16.2 Å². The van der Waals surface area contributed by atoms with Crippen molar-refractivity contribution in [3.63, 3.8) is 0 Å². The summed E-state index contributed by atoms with van der Waals surface area (Å²) in [5, 5.41) is 3.11. The van der Waals surface area contributed by atoms with E-state index in [9.17, 15) is 0 Å². The summed E-state index contributed by atoms with van der Waals surface area (Å²) < 4.78 is 0. The molecule has 0 aromatic heterocycles. The molecule has 12 heavy (non-hydrogen) atoms. The van der Waals surface area contributed by atoms with Gasteiger partial charge in [-0.15, -0.1) is 0 Å². The molecule has 0 atom stereocenters. The Hall–Kier alpha value is -0.580. The van der Waals surface area contributed by atoms with Crippen LogP contribution >= 0.6 is 0 Å². The van der Waals surface area contributed by atoms with Crippen molar-refractivity contribution in [3.05, 3.63) is 12.3 Å². The van der Waals surface area contributed by atoms with Gasteiger partial charge in [-0.2, -0.15) is 0 Å². The monoisotopic (exact) mass is 172 g/mol. The fraction of sp³-hybridized carbons (Fsp3) is 0.750. The van der Waals surface area contributed by atoms with E-state index < -0.39 is 0 Å². The molecule has 0 unspecified atom stereocenters. The molecule has 0 amide bonds. The second-order valence-electron chi connectivity index (χ2n) is 2.66. The van der Waals surface area contributed by atoms with E-state index in [1.807, 2.05) is 20.3 Å². The molecule has 0 rings (SSSR count). The molecule has 0 aromatic carbocycles. The van der Waals surface area contributed by atoms with Crippen molar-refractivity contribution in [3.8, 4) is 0 Å². The van der Waals surface area contributed by atoms with Crippen LogP contribution in [0.15, 0.2) is 12.3 Å². The maximum absolute atomic E-state index is 3.11. The quantitative estimate of drug-likeness (QED) is 0.447. The molecular formula is C8H20N4. The minimum Gasteiger partial charge on any atom is -0.329 e. The van der Waals surface area contributed by atoms with E-state index in [1.165, 1.54) is 0 Å². The first-order valence-corrected chi connectivity index (χ1v) is 4.21. The maximum Gasteiger partial charge on any atom is 0.0178 e. The lowest BCUT2D eigenvalue weighted by atomic mass is 10.5. The summed E-state index contributed by atoms with van der Waals surface area (Å²) in [6, 6.07) is 0. The van der Waals surface area contributed by atoms with Gasteiger partial charge in [0, 0.05) is 32.9 Å². The van der Waals surface area contributed by atoms with Crippen LogP contribution in [0.25, 0.3) is 0 Å². The Morgan fingerprint density at radius 2 is 2.08 bits per heavy atom. The molecule has 4 nitrogen and oxygen atoms in total. The number of hydrazine groups is 1. The average Bonchev–Trinajstić information content (AvgIpc) is 2.09. The zero-order chi connectivity index (χ0) is 9.23. The number of nitrogens with zero attached hydrogens (tertiary/aromatic N) is 1. The number of hydrogen-bond donors (Lipinski definition) is 3. The molecule has 0 aromatic rings. The highest BCUT2D eigenvalue weighted by atomic mass is 15.3. The molecule has 4 heteroatoms. The first kappa shape index (κ1) is 11.4. The summed E-state index contributed by atoms with van der Waals surface area (Å²) in [5.74, 6) is 0. The molecule has 0 saturated carbocycles. The molecule has 72 valence electrons. The van der Waals surface area contributed by atoms with Crippen LogP contribution in [0, 0.1) is 0 Å². The van der Waals surface area contributed by atoms with Crippen molar-refractivity contribution in [2.75, 3.05) is 40.8 Å². The highest BCUT2D eigenvalue weighted by Gasteiger charge is 1.91. The van der Waals surface area contributed by atoms with Gasteiger partial charge in [0.15, 0.2) is 0 Å². The largest absolute Gasteiger partial charge is 0.329 e. The van der Waals surface area contributed by atoms with Crippen LogP contribution in [-0.4, -0.2) is 45.7 Å². The van der Waals surface area contributed by atoms with E-state index in [1.54, 1.807) is 0 Å². The third-order valence-corrected chi connectivity index (χ3v) is 1.51. The van der Waals surface area contributed by atoms with Crippen molar-refractivity contribution in [2.45, 2.75) is 0 Å². The van der Waals surface area contributed by atoms with Crippen LogP contribution in [0.4, 0.5) is 0 Å². The predicted molar refractivity (Wildman–Crippen MR) is 52.8 cm³/mol.